The zero-order valence-corrected chi connectivity index (χ0v) is 14.6. The highest BCUT2D eigenvalue weighted by Gasteiger charge is 2.23. The van der Waals surface area contributed by atoms with Gasteiger partial charge in [-0.05, 0) is 30.3 Å². The predicted molar refractivity (Wildman–Crippen MR) is 98.4 cm³/mol. The van der Waals surface area contributed by atoms with Gasteiger partial charge in [-0.3, -0.25) is 4.79 Å². The Kier molecular flexibility index (Phi) is 4.49. The number of nitrogens with zero attached hydrogens (tertiary/aromatic N) is 7. The van der Waals surface area contributed by atoms with Crippen LogP contribution in [0.3, 0.4) is 0 Å². The molecule has 0 aromatic carbocycles. The van der Waals surface area contributed by atoms with Crippen molar-refractivity contribution < 1.29 is 4.79 Å². The van der Waals surface area contributed by atoms with E-state index in [-0.39, 0.29) is 5.91 Å². The van der Waals surface area contributed by atoms with Crippen molar-refractivity contribution in [1.82, 2.24) is 24.6 Å². The summed E-state index contributed by atoms with van der Waals surface area (Å²) in [6.07, 6.45) is 6.71. The van der Waals surface area contributed by atoms with E-state index < -0.39 is 0 Å². The molecule has 0 N–H and O–H groups in total. The SMILES string of the molecule is N#Cc1ccnc(N2CCN(C(=O)c3ccc(-n4cccn4)nc3)CC2)c1. The Morgan fingerprint density at radius 2 is 1.89 bits per heavy atom. The third-order valence-corrected chi connectivity index (χ3v) is 4.50. The molecule has 1 amide bonds. The fourth-order valence-electron chi connectivity index (χ4n) is 3.03. The molecule has 0 unspecified atom stereocenters. The van der Waals surface area contributed by atoms with Crippen molar-refractivity contribution in [3.05, 3.63) is 66.2 Å². The third kappa shape index (κ3) is 3.48. The van der Waals surface area contributed by atoms with Crippen LogP contribution < -0.4 is 4.90 Å². The first-order valence-corrected chi connectivity index (χ1v) is 8.61. The second-order valence-corrected chi connectivity index (χ2v) is 6.15. The summed E-state index contributed by atoms with van der Waals surface area (Å²) in [4.78, 5) is 25.3. The van der Waals surface area contributed by atoms with Gasteiger partial charge in [0.05, 0.1) is 17.2 Å². The van der Waals surface area contributed by atoms with Gasteiger partial charge >= 0.3 is 0 Å². The first-order chi connectivity index (χ1) is 13.2. The lowest BCUT2D eigenvalue weighted by Gasteiger charge is -2.35. The average molecular weight is 359 g/mol. The van der Waals surface area contributed by atoms with Gasteiger partial charge in [-0.1, -0.05) is 0 Å². The molecule has 27 heavy (non-hydrogen) atoms. The Hall–Kier alpha value is -3.73. The van der Waals surface area contributed by atoms with E-state index in [0.29, 0.717) is 43.1 Å². The summed E-state index contributed by atoms with van der Waals surface area (Å²) in [5.41, 5.74) is 1.14. The number of nitriles is 1. The lowest BCUT2D eigenvalue weighted by Crippen LogP contribution is -2.49. The topological polar surface area (TPSA) is 90.9 Å². The van der Waals surface area contributed by atoms with Crippen molar-refractivity contribution in [2.24, 2.45) is 0 Å². The molecule has 0 spiro atoms. The smallest absolute Gasteiger partial charge is 0.255 e. The number of pyridine rings is 2. The Morgan fingerprint density at radius 3 is 2.56 bits per heavy atom. The monoisotopic (exact) mass is 359 g/mol. The quantitative estimate of drug-likeness (QED) is 0.704. The summed E-state index contributed by atoms with van der Waals surface area (Å²) >= 11 is 0. The van der Waals surface area contributed by atoms with Gasteiger partial charge < -0.3 is 9.80 Å². The molecule has 3 aromatic heterocycles. The van der Waals surface area contributed by atoms with E-state index in [2.05, 4.69) is 26.0 Å². The standard InChI is InChI=1S/C19H17N7O/c20-13-15-4-6-21-18(12-15)24-8-10-25(11-9-24)19(27)16-2-3-17(22-14-16)26-7-1-5-23-26/h1-7,12,14H,8-11H2. The van der Waals surface area contributed by atoms with Crippen LogP contribution in [0.1, 0.15) is 15.9 Å². The van der Waals surface area contributed by atoms with Crippen LogP contribution in [0.4, 0.5) is 5.82 Å². The highest BCUT2D eigenvalue weighted by atomic mass is 16.2. The van der Waals surface area contributed by atoms with Crippen molar-refractivity contribution in [3.8, 4) is 11.9 Å². The van der Waals surface area contributed by atoms with Gasteiger partial charge in [0.25, 0.3) is 5.91 Å². The highest BCUT2D eigenvalue weighted by Crippen LogP contribution is 2.16. The summed E-state index contributed by atoms with van der Waals surface area (Å²) in [6.45, 7) is 2.54. The van der Waals surface area contributed by atoms with E-state index in [0.717, 1.165) is 5.82 Å². The molecule has 0 radical (unpaired) electrons. The molecule has 3 aromatic rings. The number of hydrogen-bond donors (Lipinski definition) is 0. The predicted octanol–water partition coefficient (Wildman–Crippen LogP) is 1.50. The molecule has 1 aliphatic rings. The minimum absolute atomic E-state index is 0.0344. The number of anilines is 1. The van der Waals surface area contributed by atoms with Crippen LogP contribution in [0.15, 0.2) is 55.1 Å². The maximum Gasteiger partial charge on any atom is 0.255 e. The van der Waals surface area contributed by atoms with Crippen LogP contribution >= 0.6 is 0 Å². The molecular weight excluding hydrogens is 342 g/mol. The maximum absolute atomic E-state index is 12.7. The van der Waals surface area contributed by atoms with Crippen LogP contribution in [0.5, 0.6) is 0 Å². The average Bonchev–Trinajstić information content (AvgIpc) is 3.28. The van der Waals surface area contributed by atoms with E-state index >= 15 is 0 Å². The number of carbonyl (C=O) groups is 1. The normalized spacial score (nSPS) is 14.0. The second kappa shape index (κ2) is 7.25. The zero-order valence-electron chi connectivity index (χ0n) is 14.6. The first kappa shape index (κ1) is 16.7. The van der Waals surface area contributed by atoms with Gasteiger partial charge in [0.1, 0.15) is 5.82 Å². The number of piperazine rings is 1. The highest BCUT2D eigenvalue weighted by molar-refractivity contribution is 5.94. The van der Waals surface area contributed by atoms with Crippen LogP contribution in [0.25, 0.3) is 5.82 Å². The fourth-order valence-corrected chi connectivity index (χ4v) is 3.03. The lowest BCUT2D eigenvalue weighted by atomic mass is 10.2. The molecule has 1 saturated heterocycles. The van der Waals surface area contributed by atoms with Gasteiger partial charge in [-0.2, -0.15) is 10.4 Å². The minimum atomic E-state index is -0.0344. The molecule has 0 aliphatic carbocycles. The van der Waals surface area contributed by atoms with Crippen molar-refractivity contribution >= 4 is 11.7 Å². The zero-order chi connectivity index (χ0) is 18.6. The van der Waals surface area contributed by atoms with Gasteiger partial charge in [-0.25, -0.2) is 14.6 Å². The molecule has 1 aliphatic heterocycles. The molecule has 1 fully saturated rings. The Morgan fingerprint density at radius 1 is 1.04 bits per heavy atom. The maximum atomic E-state index is 12.7. The number of rotatable bonds is 3. The summed E-state index contributed by atoms with van der Waals surface area (Å²) in [7, 11) is 0. The Labute approximate surface area is 156 Å². The molecule has 4 rings (SSSR count). The summed E-state index contributed by atoms with van der Waals surface area (Å²) < 4.78 is 1.65. The third-order valence-electron chi connectivity index (χ3n) is 4.50. The number of carbonyl (C=O) groups excluding carboxylic acids is 1. The lowest BCUT2D eigenvalue weighted by molar-refractivity contribution is 0.0746. The van der Waals surface area contributed by atoms with Crippen molar-refractivity contribution in [2.45, 2.75) is 0 Å². The molecule has 134 valence electrons. The summed E-state index contributed by atoms with van der Waals surface area (Å²) in [5.74, 6) is 1.41. The van der Waals surface area contributed by atoms with E-state index in [1.807, 2.05) is 11.0 Å². The summed E-state index contributed by atoms with van der Waals surface area (Å²) in [6, 6.07) is 11.0. The van der Waals surface area contributed by atoms with Crippen LogP contribution in [-0.2, 0) is 0 Å². The van der Waals surface area contributed by atoms with Gasteiger partial charge in [-0.15, -0.1) is 0 Å². The van der Waals surface area contributed by atoms with E-state index in [9.17, 15) is 4.79 Å². The second-order valence-electron chi connectivity index (χ2n) is 6.15. The Bertz CT molecular complexity index is 968. The molecule has 0 bridgehead atoms. The van der Waals surface area contributed by atoms with Crippen LogP contribution in [-0.4, -0.2) is 56.7 Å². The van der Waals surface area contributed by atoms with E-state index in [4.69, 9.17) is 5.26 Å². The van der Waals surface area contributed by atoms with E-state index in [1.165, 1.54) is 0 Å². The molecule has 8 heteroatoms. The van der Waals surface area contributed by atoms with Gasteiger partial charge in [0.2, 0.25) is 0 Å². The number of hydrogen-bond acceptors (Lipinski definition) is 6. The van der Waals surface area contributed by atoms with Crippen LogP contribution in [0.2, 0.25) is 0 Å². The van der Waals surface area contributed by atoms with Crippen LogP contribution in [0, 0.1) is 11.3 Å². The Balaban J connectivity index is 1.40. The molecule has 0 atom stereocenters. The minimum Gasteiger partial charge on any atom is -0.353 e. The number of aromatic nitrogens is 4. The largest absolute Gasteiger partial charge is 0.353 e. The fraction of sp³-hybridized carbons (Fsp3) is 0.211. The molecule has 4 heterocycles. The first-order valence-electron chi connectivity index (χ1n) is 8.61. The van der Waals surface area contributed by atoms with Crippen molar-refractivity contribution in [3.63, 3.8) is 0 Å². The van der Waals surface area contributed by atoms with Crippen molar-refractivity contribution in [2.75, 3.05) is 31.1 Å². The van der Waals surface area contributed by atoms with E-state index in [1.54, 1.807) is 53.7 Å². The van der Waals surface area contributed by atoms with Crippen molar-refractivity contribution in [1.29, 1.82) is 5.26 Å². The molecule has 0 saturated carbocycles. The molecule has 8 nitrogen and oxygen atoms in total. The van der Waals surface area contributed by atoms with Gasteiger partial charge in [0.15, 0.2) is 5.82 Å². The number of amides is 1. The summed E-state index contributed by atoms with van der Waals surface area (Å²) in [5, 5.41) is 13.1. The van der Waals surface area contributed by atoms with Gasteiger partial charge in [0, 0.05) is 51.0 Å². The molecular formula is C19H17N7O.